The van der Waals surface area contributed by atoms with Crippen molar-refractivity contribution in [2.45, 2.75) is 379 Å². The molecule has 0 aliphatic carbocycles. The Morgan fingerprint density at radius 1 is 0.364 bits per heavy atom. The van der Waals surface area contributed by atoms with Crippen LogP contribution in [0.4, 0.5) is 0 Å². The van der Waals surface area contributed by atoms with E-state index in [1.165, 1.54) is 289 Å². The Balaban J connectivity index is 3.45. The van der Waals surface area contributed by atoms with Crippen LogP contribution in [0.1, 0.15) is 367 Å². The first-order valence-corrected chi connectivity index (χ1v) is 34.4. The lowest BCUT2D eigenvalue weighted by Crippen LogP contribution is -2.45. The number of rotatable bonds is 64. The van der Waals surface area contributed by atoms with E-state index in [2.05, 4.69) is 55.6 Å². The summed E-state index contributed by atoms with van der Waals surface area (Å²) in [5, 5.41) is 23.2. The molecule has 1 amide bonds. The molecule has 77 heavy (non-hydrogen) atoms. The summed E-state index contributed by atoms with van der Waals surface area (Å²) < 4.78 is 5.50. The standard InChI is InChI=1S/C71H133NO5/c1-3-5-7-9-11-13-15-17-19-21-33-37-41-45-49-53-57-61-65-71(76)77-66-62-58-54-50-46-42-38-34-30-28-26-24-22-23-25-27-29-32-36-40-44-48-52-56-60-64-70(75)72-68(67-73)69(74)63-59-55-51-47-43-39-35-31-20-18-16-14-12-10-8-6-4-2/h19,21,23-26,59,63,68-69,73-74H,3-18,20,22,27-58,60-62,64-67H2,1-2H3,(H,72,75)/b21-19-,25-23-,26-24-,63-59+. The molecule has 0 aromatic carbocycles. The zero-order chi connectivity index (χ0) is 55.7. The summed E-state index contributed by atoms with van der Waals surface area (Å²) in [6, 6.07) is -0.634. The van der Waals surface area contributed by atoms with E-state index >= 15 is 0 Å². The minimum absolute atomic E-state index is 0.00577. The van der Waals surface area contributed by atoms with Crippen molar-refractivity contribution in [1.29, 1.82) is 0 Å². The van der Waals surface area contributed by atoms with Crippen LogP contribution in [0.25, 0.3) is 0 Å². The van der Waals surface area contributed by atoms with Crippen LogP contribution >= 0.6 is 0 Å². The lowest BCUT2D eigenvalue weighted by atomic mass is 10.0. The fourth-order valence-electron chi connectivity index (χ4n) is 10.5. The predicted molar refractivity (Wildman–Crippen MR) is 338 cm³/mol. The maximum atomic E-state index is 12.5. The predicted octanol–water partition coefficient (Wildman–Crippen LogP) is 22.1. The van der Waals surface area contributed by atoms with E-state index in [1.807, 2.05) is 6.08 Å². The van der Waals surface area contributed by atoms with Crippen molar-refractivity contribution in [2.24, 2.45) is 0 Å². The first-order chi connectivity index (χ1) is 38.0. The summed E-state index contributed by atoms with van der Waals surface area (Å²) in [4.78, 5) is 24.6. The summed E-state index contributed by atoms with van der Waals surface area (Å²) in [5.41, 5.74) is 0. The summed E-state index contributed by atoms with van der Waals surface area (Å²) in [6.45, 7) is 4.92. The van der Waals surface area contributed by atoms with E-state index in [-0.39, 0.29) is 18.5 Å². The molecule has 6 heteroatoms. The zero-order valence-corrected chi connectivity index (χ0v) is 51.7. The van der Waals surface area contributed by atoms with Gasteiger partial charge in [0, 0.05) is 12.8 Å². The number of allylic oxidation sites excluding steroid dienone is 7. The molecule has 0 radical (unpaired) electrons. The third-order valence-corrected chi connectivity index (χ3v) is 15.8. The highest BCUT2D eigenvalue weighted by Crippen LogP contribution is 2.17. The minimum atomic E-state index is -0.850. The summed E-state index contributed by atoms with van der Waals surface area (Å²) >= 11 is 0. The van der Waals surface area contributed by atoms with Crippen LogP contribution in [0.5, 0.6) is 0 Å². The fourth-order valence-corrected chi connectivity index (χ4v) is 10.5. The Hall–Kier alpha value is -2.18. The van der Waals surface area contributed by atoms with Gasteiger partial charge in [-0.05, 0) is 89.9 Å². The Morgan fingerprint density at radius 3 is 1.00 bits per heavy atom. The van der Waals surface area contributed by atoms with Crippen LogP contribution < -0.4 is 5.32 Å². The molecule has 0 aliphatic rings. The number of aliphatic hydroxyl groups excluding tert-OH is 2. The summed E-state index contributed by atoms with van der Waals surface area (Å²) in [6.07, 6.45) is 86.0. The van der Waals surface area contributed by atoms with Crippen molar-refractivity contribution in [2.75, 3.05) is 13.2 Å². The highest BCUT2D eigenvalue weighted by molar-refractivity contribution is 5.76. The number of aliphatic hydroxyl groups is 2. The largest absolute Gasteiger partial charge is 0.466 e. The molecule has 3 N–H and O–H groups in total. The van der Waals surface area contributed by atoms with Gasteiger partial charge < -0.3 is 20.3 Å². The smallest absolute Gasteiger partial charge is 0.305 e. The molecule has 452 valence electrons. The van der Waals surface area contributed by atoms with E-state index in [9.17, 15) is 19.8 Å². The van der Waals surface area contributed by atoms with Gasteiger partial charge in [-0.25, -0.2) is 0 Å². The molecular formula is C71H133NO5. The lowest BCUT2D eigenvalue weighted by Gasteiger charge is -2.20. The number of hydrogen-bond acceptors (Lipinski definition) is 5. The van der Waals surface area contributed by atoms with Gasteiger partial charge in [-0.3, -0.25) is 9.59 Å². The van der Waals surface area contributed by atoms with Crippen molar-refractivity contribution in [3.63, 3.8) is 0 Å². The first kappa shape index (κ1) is 74.8. The van der Waals surface area contributed by atoms with Crippen molar-refractivity contribution >= 4 is 11.9 Å². The van der Waals surface area contributed by atoms with Gasteiger partial charge in [-0.1, -0.05) is 313 Å². The van der Waals surface area contributed by atoms with Crippen molar-refractivity contribution in [1.82, 2.24) is 5.32 Å². The number of nitrogens with one attached hydrogen (secondary N) is 1. The highest BCUT2D eigenvalue weighted by atomic mass is 16.5. The van der Waals surface area contributed by atoms with Gasteiger partial charge in [0.05, 0.1) is 25.4 Å². The molecule has 2 atom stereocenters. The second kappa shape index (κ2) is 66.3. The summed E-state index contributed by atoms with van der Waals surface area (Å²) in [7, 11) is 0. The van der Waals surface area contributed by atoms with Crippen LogP contribution in [0, 0.1) is 0 Å². The normalized spacial score (nSPS) is 12.8. The van der Waals surface area contributed by atoms with Gasteiger partial charge in [0.25, 0.3) is 0 Å². The molecule has 0 aliphatic heterocycles. The number of ether oxygens (including phenoxy) is 1. The van der Waals surface area contributed by atoms with E-state index in [4.69, 9.17) is 4.74 Å². The van der Waals surface area contributed by atoms with Gasteiger partial charge in [0.1, 0.15) is 0 Å². The fraction of sp³-hybridized carbons (Fsp3) is 0.859. The van der Waals surface area contributed by atoms with E-state index < -0.39 is 12.1 Å². The molecule has 0 heterocycles. The number of esters is 1. The second-order valence-corrected chi connectivity index (χ2v) is 23.5. The monoisotopic (exact) mass is 1080 g/mol. The van der Waals surface area contributed by atoms with Crippen molar-refractivity contribution < 1.29 is 24.5 Å². The van der Waals surface area contributed by atoms with Gasteiger partial charge in [0.15, 0.2) is 0 Å². The number of unbranched alkanes of at least 4 members (excludes halogenated alkanes) is 47. The van der Waals surface area contributed by atoms with Gasteiger partial charge in [-0.15, -0.1) is 0 Å². The molecule has 2 unspecified atom stereocenters. The zero-order valence-electron chi connectivity index (χ0n) is 51.7. The quantitative estimate of drug-likeness (QED) is 0.0320. The van der Waals surface area contributed by atoms with Crippen molar-refractivity contribution in [3.8, 4) is 0 Å². The Morgan fingerprint density at radius 2 is 0.649 bits per heavy atom. The highest BCUT2D eigenvalue weighted by Gasteiger charge is 2.18. The minimum Gasteiger partial charge on any atom is -0.466 e. The van der Waals surface area contributed by atoms with Gasteiger partial charge in [-0.2, -0.15) is 0 Å². The molecule has 6 nitrogen and oxygen atoms in total. The van der Waals surface area contributed by atoms with E-state index in [1.54, 1.807) is 6.08 Å². The maximum absolute atomic E-state index is 12.5. The molecule has 0 saturated heterocycles. The summed E-state index contributed by atoms with van der Waals surface area (Å²) in [5.74, 6) is -0.0666. The van der Waals surface area contributed by atoms with Crippen LogP contribution in [0.15, 0.2) is 48.6 Å². The van der Waals surface area contributed by atoms with Crippen LogP contribution in [0.3, 0.4) is 0 Å². The topological polar surface area (TPSA) is 95.9 Å². The number of hydrogen-bond donors (Lipinski definition) is 3. The molecular weight excluding hydrogens is 947 g/mol. The Kier molecular flexibility index (Phi) is 64.5. The number of amides is 1. The first-order valence-electron chi connectivity index (χ1n) is 34.4. The molecule has 0 saturated carbocycles. The molecule has 0 fully saturated rings. The lowest BCUT2D eigenvalue weighted by molar-refractivity contribution is -0.143. The second-order valence-electron chi connectivity index (χ2n) is 23.5. The van der Waals surface area contributed by atoms with E-state index in [0.717, 1.165) is 51.4 Å². The molecule has 0 spiro atoms. The van der Waals surface area contributed by atoms with E-state index in [0.29, 0.717) is 19.4 Å². The van der Waals surface area contributed by atoms with Crippen LogP contribution in [-0.4, -0.2) is 47.4 Å². The third-order valence-electron chi connectivity index (χ3n) is 15.8. The maximum Gasteiger partial charge on any atom is 0.305 e. The average molecular weight is 1080 g/mol. The molecule has 0 aromatic rings. The van der Waals surface area contributed by atoms with Crippen LogP contribution in [0.2, 0.25) is 0 Å². The average Bonchev–Trinajstić information content (AvgIpc) is 3.43. The van der Waals surface area contributed by atoms with Gasteiger partial charge in [0.2, 0.25) is 5.91 Å². The van der Waals surface area contributed by atoms with Crippen molar-refractivity contribution in [3.05, 3.63) is 48.6 Å². The molecule has 0 bridgehead atoms. The van der Waals surface area contributed by atoms with Gasteiger partial charge >= 0.3 is 5.97 Å². The Labute approximate surface area is 480 Å². The number of carbonyl (C=O) groups is 2. The number of carbonyl (C=O) groups excluding carboxylic acids is 2. The SMILES string of the molecule is CCCCCCCCC/C=C\CCCCCCCCCC(=O)OCCCCCCCCCCC/C=C\C/C=C\CCCCCCCCCCCC(=O)NC(CO)C(O)/C=C/CCCCCCCCCCCCCCCCC. The molecule has 0 aromatic heterocycles. The Bertz CT molecular complexity index is 1290. The third kappa shape index (κ3) is 62.9. The van der Waals surface area contributed by atoms with Crippen LogP contribution in [-0.2, 0) is 14.3 Å². The molecule has 0 rings (SSSR count).